The molecule has 9 aromatic rings. The molecule has 0 radical (unpaired) electrons. The zero-order chi connectivity index (χ0) is 41.8. The molecule has 0 saturated heterocycles. The molecule has 0 bridgehead atoms. The largest absolute Gasteiger partial charge is 0.0833 e. The summed E-state index contributed by atoms with van der Waals surface area (Å²) in [6.45, 7) is 6.90. The highest BCUT2D eigenvalue weighted by Crippen LogP contribution is 2.65. The Balaban J connectivity index is 0.000000565. The van der Waals surface area contributed by atoms with Gasteiger partial charge in [0.1, 0.15) is 0 Å². The van der Waals surface area contributed by atoms with Crippen molar-refractivity contribution in [3.8, 4) is 11.1 Å². The van der Waals surface area contributed by atoms with Crippen LogP contribution in [0.1, 0.15) is 70.7 Å². The highest BCUT2D eigenvalue weighted by molar-refractivity contribution is 6.25. The third-order valence-electron chi connectivity index (χ3n) is 14.2. The molecule has 0 saturated carbocycles. The summed E-state index contributed by atoms with van der Waals surface area (Å²) in [6, 6.07) is 72.0. The van der Waals surface area contributed by atoms with Gasteiger partial charge in [0.25, 0.3) is 0 Å². The Kier molecular flexibility index (Phi) is 9.28. The molecule has 9 aromatic carbocycles. The van der Waals surface area contributed by atoms with Crippen molar-refractivity contribution < 1.29 is 0 Å². The van der Waals surface area contributed by atoms with Crippen molar-refractivity contribution in [2.24, 2.45) is 5.92 Å². The van der Waals surface area contributed by atoms with Gasteiger partial charge in [-0.15, -0.1) is 0 Å². The number of hydrogen-bond donors (Lipinski definition) is 0. The topological polar surface area (TPSA) is 0 Å². The molecule has 2 atom stereocenters. The highest BCUT2D eigenvalue weighted by Gasteiger charge is 2.57. The molecular formula is C62H50. The van der Waals surface area contributed by atoms with Gasteiger partial charge in [-0.3, -0.25) is 0 Å². The molecule has 0 amide bonds. The van der Waals surface area contributed by atoms with Crippen LogP contribution in [-0.2, 0) is 10.8 Å². The molecule has 3 aliphatic carbocycles. The molecule has 0 aromatic heterocycles. The molecule has 12 rings (SSSR count). The van der Waals surface area contributed by atoms with Gasteiger partial charge in [-0.05, 0) is 113 Å². The minimum atomic E-state index is -0.369. The summed E-state index contributed by atoms with van der Waals surface area (Å²) in [5, 5.41) is 7.87. The van der Waals surface area contributed by atoms with Crippen molar-refractivity contribution in [2.75, 3.05) is 0 Å². The number of aryl methyl sites for hydroxylation is 1. The fraction of sp³-hybridized carbons (Fsp3) is 0.129. The SMILES string of the molecule is CC1(C)c2ccccc2C2(C3=CC=CC(C/C=C/c4ccccc4)C3c3cc(-c4ccc5c6ccccc6c6ccccc6c5c4)ccc32)c2ccccc21.Cc1ccccc1. The minimum absolute atomic E-state index is 0.114. The summed E-state index contributed by atoms with van der Waals surface area (Å²) < 4.78 is 0. The molecule has 0 heteroatoms. The zero-order valence-corrected chi connectivity index (χ0v) is 35.7. The molecule has 0 N–H and O–H groups in total. The van der Waals surface area contributed by atoms with E-state index >= 15 is 0 Å². The van der Waals surface area contributed by atoms with Crippen molar-refractivity contribution in [3.63, 3.8) is 0 Å². The maximum atomic E-state index is 2.56. The van der Waals surface area contributed by atoms with E-state index in [4.69, 9.17) is 0 Å². The van der Waals surface area contributed by atoms with Gasteiger partial charge in [-0.1, -0.05) is 238 Å². The summed E-state index contributed by atoms with van der Waals surface area (Å²) in [4.78, 5) is 0. The van der Waals surface area contributed by atoms with Crippen LogP contribution in [0.15, 0.2) is 224 Å². The quantitative estimate of drug-likeness (QED) is 0.156. The van der Waals surface area contributed by atoms with Crippen molar-refractivity contribution in [3.05, 3.63) is 269 Å². The maximum absolute atomic E-state index is 2.56. The zero-order valence-electron chi connectivity index (χ0n) is 35.7. The van der Waals surface area contributed by atoms with E-state index in [1.165, 1.54) is 93.5 Å². The van der Waals surface area contributed by atoms with Crippen LogP contribution in [-0.4, -0.2) is 0 Å². The van der Waals surface area contributed by atoms with E-state index in [1.54, 1.807) is 0 Å². The fourth-order valence-electron chi connectivity index (χ4n) is 11.4. The highest BCUT2D eigenvalue weighted by atomic mass is 14.6. The van der Waals surface area contributed by atoms with E-state index in [0.29, 0.717) is 5.92 Å². The summed E-state index contributed by atoms with van der Waals surface area (Å²) in [6.07, 6.45) is 13.0. The van der Waals surface area contributed by atoms with E-state index < -0.39 is 0 Å². The van der Waals surface area contributed by atoms with Crippen LogP contribution < -0.4 is 0 Å². The Hall–Kier alpha value is -7.02. The number of rotatable bonds is 4. The third-order valence-corrected chi connectivity index (χ3v) is 14.2. The van der Waals surface area contributed by atoms with Crippen LogP contribution >= 0.6 is 0 Å². The second-order valence-electron chi connectivity index (χ2n) is 18.0. The first-order valence-electron chi connectivity index (χ1n) is 22.2. The molecule has 1 spiro atoms. The molecule has 0 fully saturated rings. The Morgan fingerprint density at radius 3 is 1.56 bits per heavy atom. The van der Waals surface area contributed by atoms with Gasteiger partial charge in [0.15, 0.2) is 0 Å². The molecule has 3 aliphatic rings. The average Bonchev–Trinajstić information content (AvgIpc) is 3.62. The first-order valence-corrected chi connectivity index (χ1v) is 22.2. The van der Waals surface area contributed by atoms with Gasteiger partial charge in [-0.2, -0.15) is 0 Å². The first kappa shape index (κ1) is 37.9. The monoisotopic (exact) mass is 794 g/mol. The first-order chi connectivity index (χ1) is 30.4. The lowest BCUT2D eigenvalue weighted by Crippen LogP contribution is -2.41. The standard InChI is InChI=1S/C55H42.C7H8/c1-54(2)48-25-10-12-27-50(48)55(51-28-13-11-26-49(51)54)47-33-31-39(35-46(47)53-37(20-15-29-52(53)55)19-14-18-36-16-4-3-5-17-36)38-30-32-44-42-23-7-6-21-40(42)41-22-8-9-24-43(41)45(44)34-38;1-7-5-3-2-4-6-7/h3-18,20-35,37,53H,19H2,1-2H3;2-6H,1H3/b18-14+;. The van der Waals surface area contributed by atoms with Gasteiger partial charge >= 0.3 is 0 Å². The van der Waals surface area contributed by atoms with Crippen LogP contribution in [0.5, 0.6) is 0 Å². The molecule has 0 aliphatic heterocycles. The maximum Gasteiger partial charge on any atom is 0.0679 e. The third kappa shape index (κ3) is 5.96. The van der Waals surface area contributed by atoms with Crippen molar-refractivity contribution in [1.82, 2.24) is 0 Å². The summed E-state index contributed by atoms with van der Waals surface area (Å²) in [5.41, 5.74) is 14.7. The number of hydrogen-bond acceptors (Lipinski definition) is 0. The summed E-state index contributed by atoms with van der Waals surface area (Å²) in [5.74, 6) is 0.572. The van der Waals surface area contributed by atoms with Gasteiger partial charge in [0.2, 0.25) is 0 Å². The predicted octanol–water partition coefficient (Wildman–Crippen LogP) is 16.1. The van der Waals surface area contributed by atoms with Gasteiger partial charge in [0.05, 0.1) is 5.41 Å². The minimum Gasteiger partial charge on any atom is -0.0833 e. The molecule has 2 unspecified atom stereocenters. The lowest BCUT2D eigenvalue weighted by molar-refractivity contribution is 0.519. The average molecular weight is 795 g/mol. The molecule has 0 heterocycles. The smallest absolute Gasteiger partial charge is 0.0679 e. The lowest BCUT2D eigenvalue weighted by atomic mass is 9.54. The normalized spacial score (nSPS) is 17.6. The van der Waals surface area contributed by atoms with E-state index in [0.717, 1.165) is 6.42 Å². The van der Waals surface area contributed by atoms with Crippen LogP contribution in [0.4, 0.5) is 0 Å². The van der Waals surface area contributed by atoms with E-state index in [-0.39, 0.29) is 16.7 Å². The lowest BCUT2D eigenvalue weighted by Gasteiger charge is -2.47. The van der Waals surface area contributed by atoms with Crippen molar-refractivity contribution >= 4 is 38.4 Å². The molecule has 0 nitrogen and oxygen atoms in total. The molecule has 62 heavy (non-hydrogen) atoms. The van der Waals surface area contributed by atoms with Gasteiger partial charge in [0, 0.05) is 11.3 Å². The Morgan fingerprint density at radius 2 is 0.968 bits per heavy atom. The molecular weight excluding hydrogens is 745 g/mol. The fourth-order valence-corrected chi connectivity index (χ4v) is 11.4. The van der Waals surface area contributed by atoms with Crippen LogP contribution in [0.3, 0.4) is 0 Å². The van der Waals surface area contributed by atoms with Crippen LogP contribution in [0, 0.1) is 12.8 Å². The Bertz CT molecular complexity index is 3160. The number of fused-ring (bicyclic) bond motifs is 15. The van der Waals surface area contributed by atoms with E-state index in [9.17, 15) is 0 Å². The number of allylic oxidation sites excluding steroid dienone is 5. The summed E-state index contributed by atoms with van der Waals surface area (Å²) >= 11 is 0. The Morgan fingerprint density at radius 1 is 0.468 bits per heavy atom. The van der Waals surface area contributed by atoms with Gasteiger partial charge < -0.3 is 0 Å². The van der Waals surface area contributed by atoms with Crippen molar-refractivity contribution in [1.29, 1.82) is 0 Å². The number of benzene rings is 9. The predicted molar refractivity (Wildman–Crippen MR) is 264 cm³/mol. The van der Waals surface area contributed by atoms with E-state index in [2.05, 4.69) is 227 Å². The second kappa shape index (κ2) is 15.2. The van der Waals surface area contributed by atoms with Gasteiger partial charge in [-0.25, -0.2) is 0 Å². The second-order valence-corrected chi connectivity index (χ2v) is 18.0. The summed E-state index contributed by atoms with van der Waals surface area (Å²) in [7, 11) is 0. The molecule has 298 valence electrons. The van der Waals surface area contributed by atoms with Crippen LogP contribution in [0.2, 0.25) is 0 Å². The van der Waals surface area contributed by atoms with E-state index in [1.807, 2.05) is 18.2 Å². The Labute approximate surface area is 366 Å². The van der Waals surface area contributed by atoms with Crippen LogP contribution in [0.25, 0.3) is 49.5 Å². The van der Waals surface area contributed by atoms with Crippen molar-refractivity contribution in [2.45, 2.75) is 43.9 Å².